The van der Waals surface area contributed by atoms with Crippen LogP contribution in [0.5, 0.6) is 5.75 Å². The highest BCUT2D eigenvalue weighted by molar-refractivity contribution is 5.92. The van der Waals surface area contributed by atoms with Crippen LogP contribution in [0.25, 0.3) is 17.0 Å². The van der Waals surface area contributed by atoms with Crippen LogP contribution in [0.15, 0.2) is 54.6 Å². The van der Waals surface area contributed by atoms with E-state index in [-0.39, 0.29) is 6.42 Å². The average molecular weight is 391 g/mol. The summed E-state index contributed by atoms with van der Waals surface area (Å²) in [5.74, 6) is 1.52. The minimum absolute atomic E-state index is 0.205. The van der Waals surface area contributed by atoms with E-state index in [0.717, 1.165) is 41.0 Å². The number of methoxy groups -OCH3 is 1. The minimum Gasteiger partial charge on any atom is -0.497 e. The maximum absolute atomic E-state index is 10.6. The fraction of sp³-hybridized carbons (Fsp3) is 0.261. The molecule has 150 valence electrons. The van der Waals surface area contributed by atoms with Crippen LogP contribution in [0.1, 0.15) is 31.5 Å². The number of carboxylic acids is 1. The van der Waals surface area contributed by atoms with E-state index in [0.29, 0.717) is 12.2 Å². The molecule has 1 aromatic heterocycles. The van der Waals surface area contributed by atoms with Gasteiger partial charge in [0, 0.05) is 24.5 Å². The molecule has 0 saturated carbocycles. The Morgan fingerprint density at radius 1 is 1.10 bits per heavy atom. The summed E-state index contributed by atoms with van der Waals surface area (Å²) in [6.45, 7) is 0. The first kappa shape index (κ1) is 20.3. The number of allylic oxidation sites excluding steroid dienone is 1. The average Bonchev–Trinajstić information content (AvgIpc) is 2.75. The fourth-order valence-corrected chi connectivity index (χ4v) is 3.06. The predicted octanol–water partition coefficient (Wildman–Crippen LogP) is 5.06. The highest BCUT2D eigenvalue weighted by atomic mass is 16.5. The van der Waals surface area contributed by atoms with Crippen molar-refractivity contribution >= 4 is 34.5 Å². The van der Waals surface area contributed by atoms with Crippen LogP contribution in [0.3, 0.4) is 0 Å². The summed E-state index contributed by atoms with van der Waals surface area (Å²) in [7, 11) is 3.63. The monoisotopic (exact) mass is 391 g/mol. The van der Waals surface area contributed by atoms with Crippen molar-refractivity contribution in [2.24, 2.45) is 0 Å². The summed E-state index contributed by atoms with van der Waals surface area (Å²) in [4.78, 5) is 22.0. The molecule has 0 amide bonds. The van der Waals surface area contributed by atoms with Crippen molar-refractivity contribution in [3.05, 3.63) is 60.4 Å². The summed E-state index contributed by atoms with van der Waals surface area (Å²) in [6, 6.07) is 15.8. The maximum atomic E-state index is 10.6. The number of aromatic nitrogens is 2. The van der Waals surface area contributed by atoms with Crippen LogP contribution in [0, 0.1) is 0 Å². The van der Waals surface area contributed by atoms with Gasteiger partial charge in [-0.3, -0.25) is 4.79 Å². The van der Waals surface area contributed by atoms with Crippen molar-refractivity contribution in [1.82, 2.24) is 9.97 Å². The Hall–Kier alpha value is -3.41. The van der Waals surface area contributed by atoms with E-state index in [1.54, 1.807) is 7.11 Å². The lowest BCUT2D eigenvalue weighted by Gasteiger charge is -2.20. The predicted molar refractivity (Wildman–Crippen MR) is 116 cm³/mol. The highest BCUT2D eigenvalue weighted by Crippen LogP contribution is 2.30. The molecule has 0 fully saturated rings. The second kappa shape index (κ2) is 9.68. The number of para-hydroxylation sites is 1. The van der Waals surface area contributed by atoms with E-state index < -0.39 is 5.97 Å². The molecular weight excluding hydrogens is 366 g/mol. The largest absolute Gasteiger partial charge is 0.497 e. The lowest BCUT2D eigenvalue weighted by atomic mass is 10.2. The van der Waals surface area contributed by atoms with Crippen molar-refractivity contribution in [2.75, 3.05) is 19.1 Å². The molecular formula is C23H25N3O3. The molecule has 6 heteroatoms. The van der Waals surface area contributed by atoms with Gasteiger partial charge in [-0.15, -0.1) is 0 Å². The molecule has 1 heterocycles. The number of aliphatic carboxylic acids is 1. The molecule has 0 radical (unpaired) electrons. The highest BCUT2D eigenvalue weighted by Gasteiger charge is 2.12. The summed E-state index contributed by atoms with van der Waals surface area (Å²) in [5, 5.41) is 9.68. The van der Waals surface area contributed by atoms with Gasteiger partial charge in [0.25, 0.3) is 0 Å². The van der Waals surface area contributed by atoms with E-state index in [1.807, 2.05) is 72.6 Å². The van der Waals surface area contributed by atoms with Crippen LogP contribution >= 0.6 is 0 Å². The zero-order chi connectivity index (χ0) is 20.6. The number of rotatable bonds is 9. The molecule has 6 nitrogen and oxygen atoms in total. The quantitative estimate of drug-likeness (QED) is 0.514. The van der Waals surface area contributed by atoms with Crippen LogP contribution < -0.4 is 9.64 Å². The second-order valence-corrected chi connectivity index (χ2v) is 6.72. The Morgan fingerprint density at radius 3 is 2.59 bits per heavy atom. The molecule has 2 aromatic carbocycles. The molecule has 0 unspecified atom stereocenters. The first-order chi connectivity index (χ1) is 14.1. The van der Waals surface area contributed by atoms with E-state index in [4.69, 9.17) is 14.8 Å². The molecule has 0 aliphatic carbocycles. The van der Waals surface area contributed by atoms with Gasteiger partial charge in [0.05, 0.1) is 12.6 Å². The van der Waals surface area contributed by atoms with Gasteiger partial charge in [-0.25, -0.2) is 9.97 Å². The normalized spacial score (nSPS) is 11.1. The first-order valence-electron chi connectivity index (χ1n) is 9.61. The topological polar surface area (TPSA) is 75.5 Å². The molecule has 3 aromatic rings. The third-order valence-electron chi connectivity index (χ3n) is 4.66. The number of anilines is 2. The fourth-order valence-electron chi connectivity index (χ4n) is 3.06. The smallest absolute Gasteiger partial charge is 0.303 e. The van der Waals surface area contributed by atoms with Gasteiger partial charge in [0.1, 0.15) is 11.6 Å². The summed E-state index contributed by atoms with van der Waals surface area (Å²) < 4.78 is 5.24. The zero-order valence-electron chi connectivity index (χ0n) is 16.7. The number of hydrogen-bond donors (Lipinski definition) is 1. The van der Waals surface area contributed by atoms with Gasteiger partial charge in [-0.1, -0.05) is 18.2 Å². The van der Waals surface area contributed by atoms with Gasteiger partial charge in [-0.05, 0) is 61.7 Å². The van der Waals surface area contributed by atoms with Crippen molar-refractivity contribution in [1.29, 1.82) is 0 Å². The number of ether oxygens (including phenoxy) is 1. The first-order valence-corrected chi connectivity index (χ1v) is 9.61. The SMILES string of the molecule is COc1ccc(N(C)c2nc(C=CCCCCC(=O)O)nc3ccccc23)cc1. The molecule has 0 aliphatic heterocycles. The van der Waals surface area contributed by atoms with Gasteiger partial charge in [0.15, 0.2) is 5.82 Å². The number of fused-ring (bicyclic) bond motifs is 1. The van der Waals surface area contributed by atoms with Crippen LogP contribution in [0.2, 0.25) is 0 Å². The standard InChI is InChI=1S/C23H25N3O3/c1-26(17-13-15-18(29-2)16-14-17)23-19-9-7-8-10-20(19)24-21(25-23)11-5-3-4-6-12-22(27)28/h5,7-11,13-16H,3-4,6,12H2,1-2H3,(H,27,28). The van der Waals surface area contributed by atoms with Gasteiger partial charge in [-0.2, -0.15) is 0 Å². The Bertz CT molecular complexity index is 1000. The number of carboxylic acid groups (broad SMARTS) is 1. The molecule has 1 N–H and O–H groups in total. The number of nitrogens with zero attached hydrogens (tertiary/aromatic N) is 3. The van der Waals surface area contributed by atoms with E-state index in [9.17, 15) is 4.79 Å². The molecule has 0 saturated heterocycles. The minimum atomic E-state index is -0.752. The van der Waals surface area contributed by atoms with E-state index in [1.165, 1.54) is 0 Å². The molecule has 0 spiro atoms. The van der Waals surface area contributed by atoms with Gasteiger partial charge >= 0.3 is 5.97 Å². The second-order valence-electron chi connectivity index (χ2n) is 6.72. The van der Waals surface area contributed by atoms with Crippen molar-refractivity contribution in [2.45, 2.75) is 25.7 Å². The van der Waals surface area contributed by atoms with E-state index in [2.05, 4.69) is 4.98 Å². The Balaban J connectivity index is 1.84. The molecule has 0 aliphatic rings. The number of unbranched alkanes of at least 4 members (excludes halogenated alkanes) is 2. The summed E-state index contributed by atoms with van der Waals surface area (Å²) in [6.07, 6.45) is 6.41. The van der Waals surface area contributed by atoms with Crippen LogP contribution in [0.4, 0.5) is 11.5 Å². The zero-order valence-corrected chi connectivity index (χ0v) is 16.7. The molecule has 0 atom stereocenters. The van der Waals surface area contributed by atoms with Crippen LogP contribution in [-0.4, -0.2) is 35.2 Å². The Kier molecular flexibility index (Phi) is 6.79. The maximum Gasteiger partial charge on any atom is 0.303 e. The molecule has 3 rings (SSSR count). The summed E-state index contributed by atoms with van der Waals surface area (Å²) >= 11 is 0. The third-order valence-corrected chi connectivity index (χ3v) is 4.66. The number of carbonyl (C=O) groups is 1. The van der Waals surface area contributed by atoms with Crippen molar-refractivity contribution in [3.63, 3.8) is 0 Å². The van der Waals surface area contributed by atoms with E-state index >= 15 is 0 Å². The van der Waals surface area contributed by atoms with Crippen LogP contribution in [-0.2, 0) is 4.79 Å². The summed E-state index contributed by atoms with van der Waals surface area (Å²) in [5.41, 5.74) is 1.88. The Morgan fingerprint density at radius 2 is 1.86 bits per heavy atom. The number of hydrogen-bond acceptors (Lipinski definition) is 5. The molecule has 0 bridgehead atoms. The molecule has 29 heavy (non-hydrogen) atoms. The number of benzene rings is 2. The van der Waals surface area contributed by atoms with Crippen molar-refractivity contribution < 1.29 is 14.6 Å². The lowest BCUT2D eigenvalue weighted by molar-refractivity contribution is -0.137. The lowest BCUT2D eigenvalue weighted by Crippen LogP contribution is -2.13. The Labute approximate surface area is 170 Å². The van der Waals surface area contributed by atoms with Gasteiger partial charge in [0.2, 0.25) is 0 Å². The van der Waals surface area contributed by atoms with Crippen molar-refractivity contribution in [3.8, 4) is 5.75 Å². The third kappa shape index (κ3) is 5.31. The van der Waals surface area contributed by atoms with Gasteiger partial charge < -0.3 is 14.7 Å².